The molecular weight excluding hydrogens is 520 g/mol. The molecular formula is C33H38N2O6. The lowest BCUT2D eigenvalue weighted by atomic mass is 10.1. The zero-order chi connectivity index (χ0) is 29.5. The summed E-state index contributed by atoms with van der Waals surface area (Å²) in [6.07, 6.45) is 9.54. The number of benzene rings is 3. The van der Waals surface area contributed by atoms with Gasteiger partial charge in [0.15, 0.2) is 0 Å². The lowest BCUT2D eigenvalue weighted by Crippen LogP contribution is -2.09. The molecule has 0 amide bonds. The van der Waals surface area contributed by atoms with Crippen molar-refractivity contribution in [3.8, 4) is 5.75 Å². The van der Waals surface area contributed by atoms with E-state index in [9.17, 15) is 14.4 Å². The van der Waals surface area contributed by atoms with E-state index < -0.39 is 17.9 Å². The van der Waals surface area contributed by atoms with Gasteiger partial charge in [0.25, 0.3) is 0 Å². The molecule has 0 saturated carbocycles. The fourth-order valence-electron chi connectivity index (χ4n) is 4.02. The monoisotopic (exact) mass is 558 g/mol. The Morgan fingerprint density at radius 1 is 0.707 bits per heavy atom. The quantitative estimate of drug-likeness (QED) is 0.0722. The molecule has 216 valence electrons. The van der Waals surface area contributed by atoms with Gasteiger partial charge in [-0.3, -0.25) is 0 Å². The third-order valence-corrected chi connectivity index (χ3v) is 6.24. The lowest BCUT2D eigenvalue weighted by molar-refractivity contribution is -0.128. The number of carbonyl (C=O) groups is 3. The van der Waals surface area contributed by atoms with Crippen molar-refractivity contribution in [2.24, 2.45) is 0 Å². The number of ether oxygens (including phenoxy) is 3. The van der Waals surface area contributed by atoms with Gasteiger partial charge in [-0.15, -0.1) is 0 Å². The SMILES string of the molecule is CCCCCc1ccc(OC(=O)C=Cc2ccc(C(=O)OCCCCCOC(=O)c3cc(N)cc(N)c3)cc2)cc1. The van der Waals surface area contributed by atoms with Gasteiger partial charge in [-0.25, -0.2) is 14.4 Å². The van der Waals surface area contributed by atoms with Crippen LogP contribution < -0.4 is 16.2 Å². The minimum Gasteiger partial charge on any atom is -0.462 e. The van der Waals surface area contributed by atoms with Crippen LogP contribution in [0.4, 0.5) is 11.4 Å². The number of nitrogen functional groups attached to an aromatic ring is 2. The van der Waals surface area contributed by atoms with Crippen LogP contribution in [0.25, 0.3) is 6.08 Å². The summed E-state index contributed by atoms with van der Waals surface area (Å²) in [5, 5.41) is 0. The van der Waals surface area contributed by atoms with Crippen molar-refractivity contribution in [2.75, 3.05) is 24.7 Å². The topological polar surface area (TPSA) is 131 Å². The summed E-state index contributed by atoms with van der Waals surface area (Å²) in [4.78, 5) is 36.6. The van der Waals surface area contributed by atoms with E-state index >= 15 is 0 Å². The molecule has 0 aliphatic heterocycles. The molecule has 0 aromatic heterocycles. The summed E-state index contributed by atoms with van der Waals surface area (Å²) in [5.41, 5.74) is 14.9. The predicted octanol–water partition coefficient (Wildman–Crippen LogP) is 6.39. The number of rotatable bonds is 15. The standard InChI is InChI=1S/C33H38N2O6/c1-2-3-5-8-24-11-16-30(17-12-24)41-31(36)18-13-25-9-14-26(15-10-25)32(37)39-19-6-4-7-20-40-33(38)27-21-28(34)23-29(35)22-27/h9-18,21-23H,2-8,19-20,34-35H2,1H3. The molecule has 3 rings (SSSR count). The minimum atomic E-state index is -0.478. The number of carbonyl (C=O) groups excluding carboxylic acids is 3. The average molecular weight is 559 g/mol. The average Bonchev–Trinajstić information content (AvgIpc) is 2.96. The van der Waals surface area contributed by atoms with Crippen molar-refractivity contribution in [2.45, 2.75) is 51.9 Å². The first-order valence-electron chi connectivity index (χ1n) is 13.9. The number of unbranched alkanes of at least 4 members (excludes halogenated alkanes) is 4. The van der Waals surface area contributed by atoms with Crippen LogP contribution in [0.5, 0.6) is 5.75 Å². The molecule has 0 saturated heterocycles. The van der Waals surface area contributed by atoms with Crippen molar-refractivity contribution >= 4 is 35.4 Å². The number of anilines is 2. The highest BCUT2D eigenvalue weighted by Gasteiger charge is 2.09. The van der Waals surface area contributed by atoms with Gasteiger partial charge < -0.3 is 25.7 Å². The van der Waals surface area contributed by atoms with E-state index in [1.807, 2.05) is 24.3 Å². The maximum Gasteiger partial charge on any atom is 0.338 e. The zero-order valence-corrected chi connectivity index (χ0v) is 23.5. The maximum atomic E-state index is 12.3. The van der Waals surface area contributed by atoms with Crippen LogP contribution in [-0.4, -0.2) is 31.1 Å². The van der Waals surface area contributed by atoms with Gasteiger partial charge in [-0.2, -0.15) is 0 Å². The largest absolute Gasteiger partial charge is 0.462 e. The molecule has 0 spiro atoms. The molecule has 0 heterocycles. The Kier molecular flexibility index (Phi) is 12.5. The highest BCUT2D eigenvalue weighted by atomic mass is 16.5. The van der Waals surface area contributed by atoms with Gasteiger partial charge in [0, 0.05) is 17.5 Å². The molecule has 3 aromatic rings. The molecule has 0 aliphatic carbocycles. The molecule has 0 atom stereocenters. The summed E-state index contributed by atoms with van der Waals surface area (Å²) in [6, 6.07) is 18.9. The Morgan fingerprint density at radius 3 is 1.93 bits per heavy atom. The Morgan fingerprint density at radius 2 is 1.32 bits per heavy atom. The normalized spacial score (nSPS) is 10.9. The lowest BCUT2D eigenvalue weighted by Gasteiger charge is -2.07. The third-order valence-electron chi connectivity index (χ3n) is 6.24. The first-order valence-corrected chi connectivity index (χ1v) is 13.9. The second-order valence-electron chi connectivity index (χ2n) is 9.70. The first kappa shape index (κ1) is 30.9. The van der Waals surface area contributed by atoms with Crippen LogP contribution in [0.2, 0.25) is 0 Å². The molecule has 0 fully saturated rings. The second kappa shape index (κ2) is 16.5. The van der Waals surface area contributed by atoms with E-state index in [0.29, 0.717) is 41.1 Å². The molecule has 41 heavy (non-hydrogen) atoms. The van der Waals surface area contributed by atoms with Gasteiger partial charge >= 0.3 is 17.9 Å². The molecule has 4 N–H and O–H groups in total. The Labute approximate surface area is 241 Å². The number of hydrogen-bond donors (Lipinski definition) is 2. The second-order valence-corrected chi connectivity index (χ2v) is 9.70. The van der Waals surface area contributed by atoms with Crippen molar-refractivity contribution in [3.05, 3.63) is 95.1 Å². The fourth-order valence-corrected chi connectivity index (χ4v) is 4.02. The zero-order valence-electron chi connectivity index (χ0n) is 23.5. The third kappa shape index (κ3) is 11.2. The van der Waals surface area contributed by atoms with Crippen LogP contribution in [0, 0.1) is 0 Å². The van der Waals surface area contributed by atoms with E-state index in [2.05, 4.69) is 6.92 Å². The van der Waals surface area contributed by atoms with Crippen LogP contribution in [0.3, 0.4) is 0 Å². The van der Waals surface area contributed by atoms with Gasteiger partial charge in [0.05, 0.1) is 24.3 Å². The van der Waals surface area contributed by atoms with Crippen molar-refractivity contribution < 1.29 is 28.6 Å². The van der Waals surface area contributed by atoms with Gasteiger partial charge in [0.2, 0.25) is 0 Å². The van der Waals surface area contributed by atoms with Gasteiger partial charge in [-0.05, 0) is 91.8 Å². The molecule has 8 heteroatoms. The van der Waals surface area contributed by atoms with Crippen LogP contribution in [0.1, 0.15) is 77.3 Å². The Hall–Kier alpha value is -4.59. The van der Waals surface area contributed by atoms with Crippen molar-refractivity contribution in [1.82, 2.24) is 0 Å². The summed E-state index contributed by atoms with van der Waals surface area (Å²) in [6.45, 7) is 2.68. The number of aryl methyl sites for hydroxylation is 1. The summed E-state index contributed by atoms with van der Waals surface area (Å²) >= 11 is 0. The number of esters is 3. The minimum absolute atomic E-state index is 0.245. The van der Waals surface area contributed by atoms with E-state index in [-0.39, 0.29) is 13.2 Å². The summed E-state index contributed by atoms with van der Waals surface area (Å²) < 4.78 is 15.9. The van der Waals surface area contributed by atoms with Crippen LogP contribution >= 0.6 is 0 Å². The van der Waals surface area contributed by atoms with Crippen molar-refractivity contribution in [1.29, 1.82) is 0 Å². The van der Waals surface area contributed by atoms with E-state index in [4.69, 9.17) is 25.7 Å². The molecule has 3 aromatic carbocycles. The molecule has 8 nitrogen and oxygen atoms in total. The summed E-state index contributed by atoms with van der Waals surface area (Å²) in [7, 11) is 0. The summed E-state index contributed by atoms with van der Waals surface area (Å²) in [5.74, 6) is -0.880. The number of nitrogens with two attached hydrogens (primary N) is 2. The van der Waals surface area contributed by atoms with E-state index in [0.717, 1.165) is 24.8 Å². The van der Waals surface area contributed by atoms with Crippen LogP contribution in [-0.2, 0) is 20.7 Å². The maximum absolute atomic E-state index is 12.3. The van der Waals surface area contributed by atoms with Gasteiger partial charge in [0.1, 0.15) is 5.75 Å². The molecule has 0 unspecified atom stereocenters. The number of hydrogen-bond acceptors (Lipinski definition) is 8. The molecule has 0 radical (unpaired) electrons. The first-order chi connectivity index (χ1) is 19.8. The smallest absolute Gasteiger partial charge is 0.338 e. The molecule has 0 aliphatic rings. The predicted molar refractivity (Wildman–Crippen MR) is 160 cm³/mol. The fraction of sp³-hybridized carbons (Fsp3) is 0.303. The van der Waals surface area contributed by atoms with Gasteiger partial charge in [-0.1, -0.05) is 44.0 Å². The van der Waals surface area contributed by atoms with E-state index in [1.54, 1.807) is 36.4 Å². The molecule has 0 bridgehead atoms. The van der Waals surface area contributed by atoms with Crippen LogP contribution in [0.15, 0.2) is 72.8 Å². The highest BCUT2D eigenvalue weighted by Crippen LogP contribution is 2.16. The van der Waals surface area contributed by atoms with Crippen molar-refractivity contribution in [3.63, 3.8) is 0 Å². The highest BCUT2D eigenvalue weighted by molar-refractivity contribution is 5.92. The Bertz CT molecular complexity index is 1300. The van der Waals surface area contributed by atoms with E-state index in [1.165, 1.54) is 36.6 Å². The Balaban J connectivity index is 1.31.